The van der Waals surface area contributed by atoms with Crippen LogP contribution >= 0.6 is 11.6 Å². The van der Waals surface area contributed by atoms with Gasteiger partial charge in [0.15, 0.2) is 0 Å². The summed E-state index contributed by atoms with van der Waals surface area (Å²) >= 11 is 5.96. The number of benzene rings is 2. The van der Waals surface area contributed by atoms with Crippen LogP contribution in [0.15, 0.2) is 54.6 Å². The molecule has 0 radical (unpaired) electrons. The lowest BCUT2D eigenvalue weighted by atomic mass is 10.1. The van der Waals surface area contributed by atoms with Crippen molar-refractivity contribution in [3.63, 3.8) is 0 Å². The second-order valence-corrected chi connectivity index (χ2v) is 10.6. The van der Waals surface area contributed by atoms with E-state index < -0.39 is 10.2 Å². The third-order valence-corrected chi connectivity index (χ3v) is 7.85. The molecule has 7 heteroatoms. The highest BCUT2D eigenvalue weighted by Gasteiger charge is 2.24. The van der Waals surface area contributed by atoms with Crippen LogP contribution in [0.5, 0.6) is 0 Å². The van der Waals surface area contributed by atoms with E-state index in [9.17, 15) is 8.42 Å². The van der Waals surface area contributed by atoms with Gasteiger partial charge in [-0.05, 0) is 75.4 Å². The highest BCUT2D eigenvalue weighted by molar-refractivity contribution is 7.87. The smallest absolute Gasteiger partial charge is 0.279 e. The summed E-state index contributed by atoms with van der Waals surface area (Å²) in [6, 6.07) is 18.0. The average molecular weight is 464 g/mol. The number of rotatable bonds is 12. The Morgan fingerprint density at radius 3 is 2.42 bits per heavy atom. The summed E-state index contributed by atoms with van der Waals surface area (Å²) in [5, 5.41) is 0.718. The van der Waals surface area contributed by atoms with Crippen molar-refractivity contribution < 1.29 is 8.42 Å². The van der Waals surface area contributed by atoms with E-state index in [2.05, 4.69) is 16.7 Å². The predicted molar refractivity (Wildman–Crippen MR) is 128 cm³/mol. The van der Waals surface area contributed by atoms with Gasteiger partial charge in [-0.25, -0.2) is 0 Å². The molecule has 0 unspecified atom stereocenters. The van der Waals surface area contributed by atoms with Crippen molar-refractivity contribution in [2.24, 2.45) is 0 Å². The summed E-state index contributed by atoms with van der Waals surface area (Å²) in [5.74, 6) is 0. The number of likely N-dealkylation sites (tertiary alicyclic amines) is 1. The van der Waals surface area contributed by atoms with Crippen LogP contribution in [0.2, 0.25) is 5.02 Å². The van der Waals surface area contributed by atoms with Crippen LogP contribution in [-0.2, 0) is 23.2 Å². The Hall–Kier alpha value is -1.44. The average Bonchev–Trinajstić information content (AvgIpc) is 3.18. The van der Waals surface area contributed by atoms with Crippen LogP contribution in [0.1, 0.15) is 43.2 Å². The summed E-state index contributed by atoms with van der Waals surface area (Å²) in [6.07, 6.45) is 5.97. The third-order valence-electron chi connectivity index (χ3n) is 6.04. The van der Waals surface area contributed by atoms with Gasteiger partial charge in [-0.2, -0.15) is 17.4 Å². The minimum Gasteiger partial charge on any atom is -0.303 e. The summed E-state index contributed by atoms with van der Waals surface area (Å²) < 4.78 is 30.6. The quantitative estimate of drug-likeness (QED) is 0.504. The second kappa shape index (κ2) is 12.0. The topological polar surface area (TPSA) is 52.7 Å². The molecular weight excluding hydrogens is 430 g/mol. The molecule has 2 aromatic carbocycles. The van der Waals surface area contributed by atoms with Crippen molar-refractivity contribution in [1.82, 2.24) is 13.9 Å². The van der Waals surface area contributed by atoms with Crippen LogP contribution in [0.25, 0.3) is 0 Å². The minimum atomic E-state index is -3.54. The van der Waals surface area contributed by atoms with E-state index in [1.807, 2.05) is 54.6 Å². The molecule has 1 aliphatic rings. The van der Waals surface area contributed by atoms with Crippen LogP contribution < -0.4 is 4.72 Å². The van der Waals surface area contributed by atoms with Crippen molar-refractivity contribution in [2.45, 2.75) is 51.1 Å². The fourth-order valence-electron chi connectivity index (χ4n) is 4.17. The van der Waals surface area contributed by atoms with Crippen molar-refractivity contribution in [2.75, 3.05) is 26.7 Å². The van der Waals surface area contributed by atoms with Crippen LogP contribution in [0.4, 0.5) is 0 Å². The van der Waals surface area contributed by atoms with Crippen LogP contribution in [0, 0.1) is 0 Å². The Kier molecular flexibility index (Phi) is 9.35. The Bertz CT molecular complexity index is 891. The molecule has 1 aliphatic heterocycles. The lowest BCUT2D eigenvalue weighted by molar-refractivity contribution is 0.281. The molecule has 1 N–H and O–H groups in total. The molecule has 31 heavy (non-hydrogen) atoms. The maximum absolute atomic E-state index is 13.1. The van der Waals surface area contributed by atoms with Gasteiger partial charge in [0.25, 0.3) is 10.2 Å². The highest BCUT2D eigenvalue weighted by atomic mass is 35.5. The molecule has 0 spiro atoms. The van der Waals surface area contributed by atoms with Crippen LogP contribution in [0.3, 0.4) is 0 Å². The van der Waals surface area contributed by atoms with Crippen molar-refractivity contribution in [3.05, 3.63) is 70.7 Å². The zero-order valence-electron chi connectivity index (χ0n) is 18.3. The van der Waals surface area contributed by atoms with E-state index in [4.69, 9.17) is 11.6 Å². The number of nitrogens with one attached hydrogen (secondary N) is 1. The molecule has 2 aromatic rings. The van der Waals surface area contributed by atoms with E-state index in [-0.39, 0.29) is 0 Å². The fraction of sp³-hybridized carbons (Fsp3) is 0.500. The Balaban J connectivity index is 1.56. The van der Waals surface area contributed by atoms with Crippen molar-refractivity contribution >= 4 is 21.8 Å². The minimum absolute atomic E-state index is 0.308. The standard InChI is InChI=1S/C24H34ClN3O2S/c1-27-17-6-11-24(27)12-7-19-28(18-5-10-21-13-15-23(25)16-14-21)31(29,30)26-20-22-8-3-2-4-9-22/h2-4,8-9,13-16,24,26H,5-7,10-12,17-20H2,1H3/t24-/m0/s1. The van der Waals surface area contributed by atoms with Gasteiger partial charge in [0.05, 0.1) is 0 Å². The number of hydrogen-bond acceptors (Lipinski definition) is 3. The second-order valence-electron chi connectivity index (χ2n) is 8.36. The molecule has 0 saturated carbocycles. The first-order chi connectivity index (χ1) is 14.9. The Labute approximate surface area is 192 Å². The third kappa shape index (κ3) is 7.88. The predicted octanol–water partition coefficient (Wildman–Crippen LogP) is 4.48. The van der Waals surface area contributed by atoms with Gasteiger partial charge in [-0.3, -0.25) is 0 Å². The Morgan fingerprint density at radius 1 is 1.03 bits per heavy atom. The van der Waals surface area contributed by atoms with Crippen molar-refractivity contribution in [1.29, 1.82) is 0 Å². The molecule has 1 atom stereocenters. The van der Waals surface area contributed by atoms with Gasteiger partial charge in [0, 0.05) is 30.7 Å². The SMILES string of the molecule is CN1CCC[C@H]1CCCN(CCCc1ccc(Cl)cc1)S(=O)(=O)NCc1ccccc1. The molecule has 3 rings (SSSR count). The van der Waals surface area contributed by atoms with E-state index in [1.54, 1.807) is 4.31 Å². The maximum Gasteiger partial charge on any atom is 0.279 e. The summed E-state index contributed by atoms with van der Waals surface area (Å²) in [5.41, 5.74) is 2.13. The fourth-order valence-corrected chi connectivity index (χ4v) is 5.57. The molecule has 1 heterocycles. The lowest BCUT2D eigenvalue weighted by Crippen LogP contribution is -2.42. The van der Waals surface area contributed by atoms with E-state index in [0.29, 0.717) is 25.7 Å². The van der Waals surface area contributed by atoms with Gasteiger partial charge in [0.2, 0.25) is 0 Å². The number of aryl methyl sites for hydroxylation is 1. The molecule has 1 fully saturated rings. The van der Waals surface area contributed by atoms with Gasteiger partial charge in [-0.15, -0.1) is 0 Å². The van der Waals surface area contributed by atoms with Crippen molar-refractivity contribution in [3.8, 4) is 0 Å². The molecule has 0 aromatic heterocycles. The Morgan fingerprint density at radius 2 is 1.74 bits per heavy atom. The normalized spacial score (nSPS) is 17.5. The summed E-state index contributed by atoms with van der Waals surface area (Å²) in [7, 11) is -1.38. The van der Waals surface area contributed by atoms with Gasteiger partial charge in [0.1, 0.15) is 0 Å². The summed E-state index contributed by atoms with van der Waals surface area (Å²) in [4.78, 5) is 2.40. The molecule has 0 amide bonds. The maximum atomic E-state index is 13.1. The molecule has 1 saturated heterocycles. The van der Waals surface area contributed by atoms with Gasteiger partial charge < -0.3 is 4.90 Å². The van der Waals surface area contributed by atoms with Gasteiger partial charge >= 0.3 is 0 Å². The zero-order chi connectivity index (χ0) is 22.1. The summed E-state index contributed by atoms with van der Waals surface area (Å²) in [6.45, 7) is 2.51. The number of nitrogens with zero attached hydrogens (tertiary/aromatic N) is 2. The number of halogens is 1. The molecule has 170 valence electrons. The molecule has 5 nitrogen and oxygen atoms in total. The molecule has 0 aliphatic carbocycles. The van der Waals surface area contributed by atoms with E-state index in [1.165, 1.54) is 18.4 Å². The largest absolute Gasteiger partial charge is 0.303 e. The lowest BCUT2D eigenvalue weighted by Gasteiger charge is -2.24. The highest BCUT2D eigenvalue weighted by Crippen LogP contribution is 2.20. The molecular formula is C24H34ClN3O2S. The van der Waals surface area contributed by atoms with Gasteiger partial charge in [-0.1, -0.05) is 54.1 Å². The van der Waals surface area contributed by atoms with Crippen LogP contribution in [-0.4, -0.2) is 50.3 Å². The first-order valence-corrected chi connectivity index (χ1v) is 13.0. The number of hydrogen-bond donors (Lipinski definition) is 1. The first-order valence-electron chi connectivity index (χ1n) is 11.2. The first kappa shape index (κ1) is 24.2. The monoisotopic (exact) mass is 463 g/mol. The van der Waals surface area contributed by atoms with E-state index >= 15 is 0 Å². The zero-order valence-corrected chi connectivity index (χ0v) is 19.9. The van der Waals surface area contributed by atoms with E-state index in [0.717, 1.165) is 42.8 Å². The molecule has 0 bridgehead atoms.